The maximum atomic E-state index is 12.4. The number of rotatable bonds is 5. The molecular weight excluding hydrogens is 366 g/mol. The van der Waals surface area contributed by atoms with Gasteiger partial charge in [-0.25, -0.2) is 8.42 Å². The molecule has 2 aliphatic rings. The van der Waals surface area contributed by atoms with Crippen molar-refractivity contribution < 1.29 is 22.9 Å². The lowest BCUT2D eigenvalue weighted by Crippen LogP contribution is -3.18. The lowest BCUT2D eigenvalue weighted by Gasteiger charge is -2.35. The first-order chi connectivity index (χ1) is 12.9. The fraction of sp³-hybridized carbons (Fsp3) is 0.579. The van der Waals surface area contributed by atoms with Crippen molar-refractivity contribution in [3.05, 3.63) is 35.4 Å². The Morgan fingerprint density at radius 1 is 1.22 bits per heavy atom. The predicted octanol–water partition coefficient (Wildman–Crippen LogP) is -0.971. The molecule has 0 aliphatic carbocycles. The van der Waals surface area contributed by atoms with E-state index in [9.17, 15) is 18.0 Å². The molecule has 1 aromatic carbocycles. The summed E-state index contributed by atoms with van der Waals surface area (Å²) in [6, 6.07) is 7.55. The number of quaternary nitrogens is 1. The van der Waals surface area contributed by atoms with Gasteiger partial charge >= 0.3 is 0 Å². The highest BCUT2D eigenvalue weighted by atomic mass is 32.2. The number of piperazine rings is 1. The average molecular weight is 395 g/mol. The molecule has 2 N–H and O–H groups in total. The van der Waals surface area contributed by atoms with Crippen LogP contribution in [0.1, 0.15) is 28.8 Å². The zero-order valence-electron chi connectivity index (χ0n) is 15.7. The van der Waals surface area contributed by atoms with Crippen molar-refractivity contribution in [2.45, 2.75) is 25.8 Å². The van der Waals surface area contributed by atoms with Crippen LogP contribution in [0.25, 0.3) is 0 Å². The fourth-order valence-electron chi connectivity index (χ4n) is 3.93. The second kappa shape index (κ2) is 8.39. The number of nitrogens with one attached hydrogen (secondary N) is 2. The molecule has 2 amide bonds. The minimum absolute atomic E-state index is 0.0400. The molecule has 2 heterocycles. The van der Waals surface area contributed by atoms with Gasteiger partial charge in [-0.3, -0.25) is 9.59 Å². The molecule has 0 aromatic heterocycles. The van der Waals surface area contributed by atoms with E-state index < -0.39 is 9.84 Å². The summed E-state index contributed by atoms with van der Waals surface area (Å²) < 4.78 is 23.3. The van der Waals surface area contributed by atoms with Crippen molar-refractivity contribution in [3.63, 3.8) is 0 Å². The van der Waals surface area contributed by atoms with Gasteiger partial charge in [0.15, 0.2) is 9.84 Å². The van der Waals surface area contributed by atoms with Crippen molar-refractivity contribution >= 4 is 21.7 Å². The molecule has 2 fully saturated rings. The molecule has 27 heavy (non-hydrogen) atoms. The summed E-state index contributed by atoms with van der Waals surface area (Å²) >= 11 is 0. The van der Waals surface area contributed by atoms with Crippen LogP contribution in [0.2, 0.25) is 0 Å². The SMILES string of the molecule is Cc1ccccc1C(=O)NCCC(=O)N1CC[NH+]([C@@H]2CCS(=O)(=O)C2)CC1. The number of sulfone groups is 1. The third-order valence-corrected chi connectivity index (χ3v) is 7.35. The van der Waals surface area contributed by atoms with E-state index in [0.29, 0.717) is 31.0 Å². The lowest BCUT2D eigenvalue weighted by atomic mass is 10.1. The molecule has 1 atom stereocenters. The van der Waals surface area contributed by atoms with Gasteiger partial charge in [-0.2, -0.15) is 0 Å². The monoisotopic (exact) mass is 394 g/mol. The van der Waals surface area contributed by atoms with Gasteiger partial charge in [0.1, 0.15) is 11.8 Å². The summed E-state index contributed by atoms with van der Waals surface area (Å²) in [5.74, 6) is 0.460. The van der Waals surface area contributed by atoms with Crippen molar-refractivity contribution in [2.75, 3.05) is 44.2 Å². The molecule has 0 radical (unpaired) electrons. The Morgan fingerprint density at radius 3 is 2.56 bits per heavy atom. The van der Waals surface area contributed by atoms with E-state index >= 15 is 0 Å². The zero-order chi connectivity index (χ0) is 19.4. The molecule has 0 spiro atoms. The first-order valence-electron chi connectivity index (χ1n) is 9.52. The highest BCUT2D eigenvalue weighted by Crippen LogP contribution is 2.10. The molecule has 0 unspecified atom stereocenters. The topological polar surface area (TPSA) is 88.0 Å². The standard InChI is InChI=1S/C19H27N3O4S/c1-15-4-2-3-5-17(15)19(24)20-8-6-18(23)22-11-9-21(10-12-22)16-7-13-27(25,26)14-16/h2-5,16H,6-14H2,1H3,(H,20,24)/p+1/t16-/m1/s1. The van der Waals surface area contributed by atoms with Crippen LogP contribution in [0, 0.1) is 6.92 Å². The smallest absolute Gasteiger partial charge is 0.251 e. The van der Waals surface area contributed by atoms with Crippen LogP contribution in [0.4, 0.5) is 0 Å². The molecule has 7 nitrogen and oxygen atoms in total. The predicted molar refractivity (Wildman–Crippen MR) is 102 cm³/mol. The van der Waals surface area contributed by atoms with E-state index in [-0.39, 0.29) is 30.0 Å². The van der Waals surface area contributed by atoms with Crippen LogP contribution in [-0.4, -0.2) is 75.4 Å². The fourth-order valence-corrected chi connectivity index (χ4v) is 5.76. The summed E-state index contributed by atoms with van der Waals surface area (Å²) in [4.78, 5) is 27.7. The van der Waals surface area contributed by atoms with Crippen LogP contribution >= 0.6 is 0 Å². The second-order valence-electron chi connectivity index (χ2n) is 7.46. The number of benzene rings is 1. The molecule has 1 aromatic rings. The quantitative estimate of drug-likeness (QED) is 0.673. The highest BCUT2D eigenvalue weighted by molar-refractivity contribution is 7.91. The van der Waals surface area contributed by atoms with E-state index in [0.717, 1.165) is 25.1 Å². The number of carbonyl (C=O) groups excluding carboxylic acids is 2. The number of hydrogen-bond acceptors (Lipinski definition) is 4. The number of amides is 2. The molecule has 0 bridgehead atoms. The molecular formula is C19H28N3O4S+. The van der Waals surface area contributed by atoms with Gasteiger partial charge in [0.05, 0.1) is 31.9 Å². The normalized spacial score (nSPS) is 22.6. The highest BCUT2D eigenvalue weighted by Gasteiger charge is 2.37. The molecule has 0 saturated carbocycles. The summed E-state index contributed by atoms with van der Waals surface area (Å²) in [6.07, 6.45) is 1.02. The maximum Gasteiger partial charge on any atom is 0.251 e. The Hall–Kier alpha value is -1.93. The van der Waals surface area contributed by atoms with E-state index in [2.05, 4.69) is 5.32 Å². The Bertz CT molecular complexity index is 801. The Morgan fingerprint density at radius 2 is 1.93 bits per heavy atom. The summed E-state index contributed by atoms with van der Waals surface area (Å²) in [5, 5.41) is 2.81. The van der Waals surface area contributed by atoms with Crippen LogP contribution in [0.3, 0.4) is 0 Å². The van der Waals surface area contributed by atoms with Crippen LogP contribution < -0.4 is 10.2 Å². The second-order valence-corrected chi connectivity index (χ2v) is 9.69. The van der Waals surface area contributed by atoms with Crippen LogP contribution in [0.5, 0.6) is 0 Å². The lowest BCUT2D eigenvalue weighted by molar-refractivity contribution is -0.925. The first-order valence-corrected chi connectivity index (χ1v) is 11.3. The number of aryl methyl sites for hydroxylation is 1. The van der Waals surface area contributed by atoms with Crippen LogP contribution in [0.15, 0.2) is 24.3 Å². The average Bonchev–Trinajstić information content (AvgIpc) is 3.02. The van der Waals surface area contributed by atoms with Crippen molar-refractivity contribution in [1.29, 1.82) is 0 Å². The largest absolute Gasteiger partial charge is 0.352 e. The van der Waals surface area contributed by atoms with Crippen LogP contribution in [-0.2, 0) is 14.6 Å². The summed E-state index contributed by atoms with van der Waals surface area (Å²) in [7, 11) is -2.86. The Balaban J connectivity index is 1.40. The minimum atomic E-state index is -2.86. The molecule has 3 rings (SSSR count). The molecule has 148 valence electrons. The van der Waals surface area contributed by atoms with Gasteiger partial charge in [-0.1, -0.05) is 18.2 Å². The van der Waals surface area contributed by atoms with Gasteiger partial charge in [0.25, 0.3) is 5.91 Å². The Labute approximate surface area is 160 Å². The van der Waals surface area contributed by atoms with E-state index in [1.165, 1.54) is 4.90 Å². The van der Waals surface area contributed by atoms with Gasteiger partial charge in [0.2, 0.25) is 5.91 Å². The number of carbonyl (C=O) groups is 2. The van der Waals surface area contributed by atoms with Gasteiger partial charge in [0, 0.05) is 24.9 Å². The van der Waals surface area contributed by atoms with E-state index in [1.54, 1.807) is 6.07 Å². The Kier molecular flexibility index (Phi) is 6.16. The van der Waals surface area contributed by atoms with Crippen molar-refractivity contribution in [2.24, 2.45) is 0 Å². The summed E-state index contributed by atoms with van der Waals surface area (Å²) in [6.45, 7) is 5.09. The first kappa shape index (κ1) is 19.8. The minimum Gasteiger partial charge on any atom is -0.352 e. The zero-order valence-corrected chi connectivity index (χ0v) is 16.6. The summed E-state index contributed by atoms with van der Waals surface area (Å²) in [5.41, 5.74) is 1.54. The van der Waals surface area contributed by atoms with Gasteiger partial charge < -0.3 is 15.1 Å². The molecule has 8 heteroatoms. The number of hydrogen-bond donors (Lipinski definition) is 2. The van der Waals surface area contributed by atoms with Gasteiger partial charge in [-0.15, -0.1) is 0 Å². The third-order valence-electron chi connectivity index (χ3n) is 5.58. The van der Waals surface area contributed by atoms with E-state index in [4.69, 9.17) is 0 Å². The third kappa shape index (κ3) is 5.07. The van der Waals surface area contributed by atoms with Crippen molar-refractivity contribution in [1.82, 2.24) is 10.2 Å². The molecule has 2 aliphatic heterocycles. The maximum absolute atomic E-state index is 12.4. The number of nitrogens with zero attached hydrogens (tertiary/aromatic N) is 1. The van der Waals surface area contributed by atoms with Crippen molar-refractivity contribution in [3.8, 4) is 0 Å². The van der Waals surface area contributed by atoms with Gasteiger partial charge in [-0.05, 0) is 18.6 Å². The molecule has 2 saturated heterocycles. The van der Waals surface area contributed by atoms with E-state index in [1.807, 2.05) is 30.0 Å².